The van der Waals surface area contributed by atoms with Crippen LogP contribution in [0.15, 0.2) is 96.1 Å². The van der Waals surface area contributed by atoms with Gasteiger partial charge in [0.2, 0.25) is 0 Å². The minimum absolute atomic E-state index is 0. The number of halogens is 8. The topological polar surface area (TPSA) is 0 Å². The third kappa shape index (κ3) is 7.33. The van der Waals surface area contributed by atoms with Crippen molar-refractivity contribution in [3.05, 3.63) is 129 Å². The van der Waals surface area contributed by atoms with Gasteiger partial charge < -0.3 is 0 Å². The molecule has 1 heterocycles. The Balaban J connectivity index is 0.00000240. The normalized spacial score (nSPS) is 22.2. The van der Waals surface area contributed by atoms with Crippen LogP contribution in [0.25, 0.3) is 34.4 Å². The summed E-state index contributed by atoms with van der Waals surface area (Å²) in [5.41, 5.74) is 10.9. The molecule has 1 aliphatic heterocycles. The van der Waals surface area contributed by atoms with Crippen LogP contribution in [-0.2, 0) is 32.3 Å². The number of alkyl halides is 6. The van der Waals surface area contributed by atoms with Crippen molar-refractivity contribution >= 4 is 37.0 Å². The monoisotopic (exact) mass is 976 g/mol. The number of hydrogen-bond acceptors (Lipinski definition) is 0. The van der Waals surface area contributed by atoms with Gasteiger partial charge in [0.1, 0.15) is 0 Å². The van der Waals surface area contributed by atoms with E-state index in [1.54, 1.807) is 35.4 Å². The summed E-state index contributed by atoms with van der Waals surface area (Å²) in [5, 5.41) is 0. The molecule has 2 unspecified atom stereocenters. The maximum atomic E-state index is 13.6. The Kier molecular flexibility index (Phi) is 12.0. The molecule has 0 spiro atoms. The Hall–Kier alpha value is -2.61. The third-order valence-electron chi connectivity index (χ3n) is 13.8. The number of benzene rings is 4. The van der Waals surface area contributed by atoms with Crippen LogP contribution in [0.4, 0.5) is 26.3 Å². The fraction of sp³-hybridized carbons (Fsp3) is 0.404. The molecule has 2 saturated carbocycles. The van der Waals surface area contributed by atoms with Crippen LogP contribution >= 0.6 is 24.8 Å². The van der Waals surface area contributed by atoms with Gasteiger partial charge in [-0.2, -0.15) is 0 Å². The van der Waals surface area contributed by atoms with Gasteiger partial charge in [-0.25, -0.2) is 0 Å². The molecule has 0 radical (unpaired) electrons. The number of hydrogen-bond donors (Lipinski definition) is 0. The number of rotatable bonds is 6. The summed E-state index contributed by atoms with van der Waals surface area (Å²) >= 11 is -3.52. The van der Waals surface area contributed by atoms with Crippen LogP contribution < -0.4 is 0 Å². The number of fused-ring (bicyclic) bond motifs is 2. The molecule has 0 amide bonds. The zero-order chi connectivity index (χ0) is 37.2. The standard InChI is InChI=1S/2C22H20F3.C3H6.2ClH.Hf/c2*23-22(24,25)19-11-9-16(10-12-19)20-8-4-7-17-13-18(14-21(17)20)15-5-2-1-3-6-15;1-3-2;;;/h2*4,7-15H,1-3,5-6H2;1-3H2;2*1H;. The predicted molar refractivity (Wildman–Crippen MR) is 217 cm³/mol. The fourth-order valence-electron chi connectivity index (χ4n) is 11.2. The SMILES string of the molecule is Cl.Cl.FC(F)(F)c1ccc(-c2cccc3c2C=C(C2CCCCC2)[CH]3[Hf]2([CH]3C(C4CCCCC4)=Cc4c(-c5ccc(C(F)(F)F)cc5)cccc43)[CH2]C[CH2]2)cc1. The van der Waals surface area contributed by atoms with E-state index in [0.717, 1.165) is 22.3 Å². The second kappa shape index (κ2) is 16.2. The first-order valence-electron chi connectivity index (χ1n) is 20.1. The van der Waals surface area contributed by atoms with Crippen molar-refractivity contribution in [2.24, 2.45) is 11.8 Å². The first-order valence-corrected chi connectivity index (χ1v) is 29.3. The zero-order valence-electron chi connectivity index (χ0n) is 31.3. The van der Waals surface area contributed by atoms with E-state index in [1.807, 2.05) is 0 Å². The Bertz CT molecular complexity index is 1950. The molecule has 0 N–H and O–H groups in total. The van der Waals surface area contributed by atoms with Gasteiger partial charge in [-0.1, -0.05) is 0 Å². The van der Waals surface area contributed by atoms with Crippen molar-refractivity contribution < 1.29 is 46.3 Å². The molecule has 4 aliphatic carbocycles. The van der Waals surface area contributed by atoms with Gasteiger partial charge >= 0.3 is 321 Å². The molecule has 0 bridgehead atoms. The van der Waals surface area contributed by atoms with Gasteiger partial charge in [0.25, 0.3) is 0 Å². The molecule has 4 aromatic carbocycles. The van der Waals surface area contributed by atoms with E-state index >= 15 is 0 Å². The summed E-state index contributed by atoms with van der Waals surface area (Å²) in [5.74, 6) is 1.05. The van der Waals surface area contributed by atoms with Crippen molar-refractivity contribution in [2.45, 2.75) is 98.7 Å². The summed E-state index contributed by atoms with van der Waals surface area (Å²) in [6.45, 7) is 0. The Morgan fingerprint density at radius 1 is 0.446 bits per heavy atom. The van der Waals surface area contributed by atoms with E-state index in [2.05, 4.69) is 48.6 Å². The van der Waals surface area contributed by atoms with Crippen LogP contribution in [-0.4, -0.2) is 0 Å². The summed E-state index contributed by atoms with van der Waals surface area (Å²) in [6.07, 6.45) is 9.73. The second-order valence-electron chi connectivity index (χ2n) is 16.7. The molecule has 296 valence electrons. The fourth-order valence-corrected chi connectivity index (χ4v) is 34.1. The van der Waals surface area contributed by atoms with E-state index in [4.69, 9.17) is 0 Å². The Labute approximate surface area is 343 Å². The van der Waals surface area contributed by atoms with Crippen molar-refractivity contribution in [3.8, 4) is 22.3 Å². The molecule has 5 aliphatic rings. The van der Waals surface area contributed by atoms with Crippen molar-refractivity contribution in [3.63, 3.8) is 0 Å². The van der Waals surface area contributed by atoms with Gasteiger partial charge in [-0.15, -0.1) is 24.8 Å². The third-order valence-corrected chi connectivity index (χ3v) is 35.9. The summed E-state index contributed by atoms with van der Waals surface area (Å²) in [4.78, 5) is 0. The minimum atomic E-state index is -4.38. The molecule has 0 nitrogen and oxygen atoms in total. The van der Waals surface area contributed by atoms with Crippen LogP contribution in [0.3, 0.4) is 0 Å². The summed E-state index contributed by atoms with van der Waals surface area (Å²) < 4.78 is 84.9. The van der Waals surface area contributed by atoms with E-state index in [9.17, 15) is 26.3 Å². The second-order valence-corrected chi connectivity index (χ2v) is 33.3. The molecule has 2 atom stereocenters. The van der Waals surface area contributed by atoms with E-state index in [-0.39, 0.29) is 24.8 Å². The molecular weight excluding hydrogens is 928 g/mol. The molecule has 3 fully saturated rings. The zero-order valence-corrected chi connectivity index (χ0v) is 36.5. The summed E-state index contributed by atoms with van der Waals surface area (Å²) in [6, 6.07) is 24.6. The average Bonchev–Trinajstić information content (AvgIpc) is 3.75. The van der Waals surface area contributed by atoms with Crippen LogP contribution in [0, 0.1) is 11.8 Å². The summed E-state index contributed by atoms with van der Waals surface area (Å²) in [7, 11) is 0. The Morgan fingerprint density at radius 3 is 1.14 bits per heavy atom. The van der Waals surface area contributed by atoms with Gasteiger partial charge in [0, 0.05) is 0 Å². The predicted octanol–water partition coefficient (Wildman–Crippen LogP) is 16.0. The maximum absolute atomic E-state index is 13.6. The van der Waals surface area contributed by atoms with Crippen molar-refractivity contribution in [1.82, 2.24) is 0 Å². The van der Waals surface area contributed by atoms with E-state index in [1.165, 1.54) is 126 Å². The molecule has 0 aromatic heterocycles. The van der Waals surface area contributed by atoms with Gasteiger partial charge in [-0.05, 0) is 0 Å². The molecule has 4 aromatic rings. The van der Waals surface area contributed by atoms with Crippen LogP contribution in [0.2, 0.25) is 8.35 Å². The quantitative estimate of drug-likeness (QED) is 0.133. The molecule has 56 heavy (non-hydrogen) atoms. The molecule has 9 heteroatoms. The van der Waals surface area contributed by atoms with Crippen LogP contribution in [0.5, 0.6) is 0 Å². The van der Waals surface area contributed by atoms with Gasteiger partial charge in [-0.3, -0.25) is 0 Å². The molecule has 1 saturated heterocycles. The van der Waals surface area contributed by atoms with E-state index < -0.39 is 43.4 Å². The van der Waals surface area contributed by atoms with Crippen molar-refractivity contribution in [2.75, 3.05) is 0 Å². The first kappa shape index (κ1) is 41.5. The van der Waals surface area contributed by atoms with E-state index in [0.29, 0.717) is 19.2 Å². The molecule has 9 rings (SSSR count). The van der Waals surface area contributed by atoms with Crippen molar-refractivity contribution in [1.29, 1.82) is 0 Å². The first-order chi connectivity index (χ1) is 26.0. The van der Waals surface area contributed by atoms with Gasteiger partial charge in [0.15, 0.2) is 0 Å². The van der Waals surface area contributed by atoms with Crippen LogP contribution in [0.1, 0.15) is 111 Å². The Morgan fingerprint density at radius 2 is 0.821 bits per heavy atom. The molecular formula is C47H48Cl2F6Hf. The number of allylic oxidation sites excluding steroid dienone is 2. The van der Waals surface area contributed by atoms with Gasteiger partial charge in [0.05, 0.1) is 0 Å². The average molecular weight is 976 g/mol.